The van der Waals surface area contributed by atoms with Crippen LogP contribution in [0.4, 0.5) is 0 Å². The second kappa shape index (κ2) is 4.80. The largest absolute Gasteiger partial charge is 0.339 e. The van der Waals surface area contributed by atoms with Gasteiger partial charge in [-0.2, -0.15) is 4.98 Å². The van der Waals surface area contributed by atoms with E-state index in [-0.39, 0.29) is 5.92 Å². The molecule has 2 rings (SSSR count). The molecule has 6 heteroatoms. The summed E-state index contributed by atoms with van der Waals surface area (Å²) in [6.45, 7) is 2.59. The summed E-state index contributed by atoms with van der Waals surface area (Å²) in [7, 11) is 0. The van der Waals surface area contributed by atoms with Crippen LogP contribution in [0.1, 0.15) is 25.2 Å². The molecule has 0 amide bonds. The first kappa shape index (κ1) is 10.7. The predicted octanol–water partition coefficient (Wildman–Crippen LogP) is 0.979. The monoisotopic (exact) mass is 219 g/mol. The molecule has 2 aromatic rings. The van der Waals surface area contributed by atoms with E-state index in [4.69, 9.17) is 10.3 Å². The van der Waals surface area contributed by atoms with E-state index in [1.54, 1.807) is 18.5 Å². The van der Waals surface area contributed by atoms with Crippen LogP contribution < -0.4 is 5.73 Å². The lowest BCUT2D eigenvalue weighted by Gasteiger charge is -2.01. The van der Waals surface area contributed by atoms with Gasteiger partial charge in [-0.15, -0.1) is 0 Å². The normalized spacial score (nSPS) is 12.6. The maximum Gasteiger partial charge on any atom is 0.240 e. The molecule has 84 valence electrons. The van der Waals surface area contributed by atoms with Crippen molar-refractivity contribution < 1.29 is 4.52 Å². The van der Waals surface area contributed by atoms with E-state index in [2.05, 4.69) is 20.1 Å². The standard InChI is InChI=1S/C10H13N5O/c1-7(3-4-11)10-14-9(15-16-10)8-12-5-2-6-13-8/h2,5-7H,3-4,11H2,1H3. The Morgan fingerprint density at radius 3 is 2.75 bits per heavy atom. The molecular weight excluding hydrogens is 206 g/mol. The van der Waals surface area contributed by atoms with Gasteiger partial charge < -0.3 is 10.3 Å². The highest BCUT2D eigenvalue weighted by Gasteiger charge is 2.15. The predicted molar refractivity (Wildman–Crippen MR) is 57.4 cm³/mol. The Bertz CT molecular complexity index is 441. The summed E-state index contributed by atoms with van der Waals surface area (Å²) in [6, 6.07) is 1.74. The van der Waals surface area contributed by atoms with Crippen LogP contribution in [0.25, 0.3) is 11.6 Å². The fraction of sp³-hybridized carbons (Fsp3) is 0.400. The van der Waals surface area contributed by atoms with Crippen molar-refractivity contribution in [2.75, 3.05) is 6.54 Å². The fourth-order valence-corrected chi connectivity index (χ4v) is 1.31. The van der Waals surface area contributed by atoms with E-state index >= 15 is 0 Å². The van der Waals surface area contributed by atoms with Gasteiger partial charge in [0.15, 0.2) is 0 Å². The molecule has 6 nitrogen and oxygen atoms in total. The van der Waals surface area contributed by atoms with Gasteiger partial charge in [0, 0.05) is 18.3 Å². The Hall–Kier alpha value is -1.82. The SMILES string of the molecule is CC(CCN)c1nc(-c2ncccn2)no1. The van der Waals surface area contributed by atoms with Gasteiger partial charge in [-0.1, -0.05) is 12.1 Å². The lowest BCUT2D eigenvalue weighted by molar-refractivity contribution is 0.355. The smallest absolute Gasteiger partial charge is 0.240 e. The third-order valence-corrected chi connectivity index (χ3v) is 2.23. The van der Waals surface area contributed by atoms with E-state index in [0.717, 1.165) is 6.42 Å². The molecule has 0 saturated carbocycles. The molecule has 2 heterocycles. The van der Waals surface area contributed by atoms with Crippen LogP contribution in [0.15, 0.2) is 23.0 Å². The average molecular weight is 219 g/mol. The van der Waals surface area contributed by atoms with E-state index < -0.39 is 0 Å². The number of hydrogen-bond donors (Lipinski definition) is 1. The molecule has 16 heavy (non-hydrogen) atoms. The highest BCUT2D eigenvalue weighted by atomic mass is 16.5. The highest BCUT2D eigenvalue weighted by Crippen LogP contribution is 2.18. The van der Waals surface area contributed by atoms with Crippen LogP contribution >= 0.6 is 0 Å². The zero-order valence-electron chi connectivity index (χ0n) is 9.00. The second-order valence-electron chi connectivity index (χ2n) is 3.51. The average Bonchev–Trinajstić information content (AvgIpc) is 2.80. The Labute approximate surface area is 92.9 Å². The van der Waals surface area contributed by atoms with Crippen LogP contribution in [-0.2, 0) is 0 Å². The Balaban J connectivity index is 2.20. The van der Waals surface area contributed by atoms with Crippen molar-refractivity contribution in [1.29, 1.82) is 0 Å². The first-order valence-electron chi connectivity index (χ1n) is 5.12. The third kappa shape index (κ3) is 2.22. The van der Waals surface area contributed by atoms with Gasteiger partial charge in [-0.3, -0.25) is 0 Å². The zero-order chi connectivity index (χ0) is 11.4. The lowest BCUT2D eigenvalue weighted by atomic mass is 10.1. The van der Waals surface area contributed by atoms with Crippen molar-refractivity contribution in [2.24, 2.45) is 5.73 Å². The van der Waals surface area contributed by atoms with Crippen molar-refractivity contribution in [3.05, 3.63) is 24.4 Å². The molecule has 2 aromatic heterocycles. The quantitative estimate of drug-likeness (QED) is 0.824. The van der Waals surface area contributed by atoms with Gasteiger partial charge in [0.1, 0.15) is 0 Å². The van der Waals surface area contributed by atoms with E-state index in [0.29, 0.717) is 24.1 Å². The van der Waals surface area contributed by atoms with Crippen LogP contribution in [-0.4, -0.2) is 26.7 Å². The van der Waals surface area contributed by atoms with Crippen molar-refractivity contribution >= 4 is 0 Å². The zero-order valence-corrected chi connectivity index (χ0v) is 9.00. The molecule has 0 bridgehead atoms. The molecule has 1 atom stereocenters. The minimum atomic E-state index is 0.162. The maximum atomic E-state index is 5.47. The summed E-state index contributed by atoms with van der Waals surface area (Å²) in [4.78, 5) is 12.3. The highest BCUT2D eigenvalue weighted by molar-refractivity contribution is 5.40. The van der Waals surface area contributed by atoms with Crippen LogP contribution in [0.2, 0.25) is 0 Å². The summed E-state index contributed by atoms with van der Waals surface area (Å²) in [5, 5.41) is 3.84. The molecular formula is C10H13N5O. The minimum absolute atomic E-state index is 0.162. The van der Waals surface area contributed by atoms with Gasteiger partial charge >= 0.3 is 0 Å². The van der Waals surface area contributed by atoms with Gasteiger partial charge in [-0.05, 0) is 19.0 Å². The fourth-order valence-electron chi connectivity index (χ4n) is 1.31. The van der Waals surface area contributed by atoms with Crippen LogP contribution in [0.5, 0.6) is 0 Å². The van der Waals surface area contributed by atoms with Gasteiger partial charge in [0.25, 0.3) is 0 Å². The summed E-state index contributed by atoms with van der Waals surface area (Å²) in [5.74, 6) is 1.62. The van der Waals surface area contributed by atoms with Crippen molar-refractivity contribution in [3.8, 4) is 11.6 Å². The molecule has 0 aromatic carbocycles. The van der Waals surface area contributed by atoms with Crippen molar-refractivity contribution in [2.45, 2.75) is 19.3 Å². The number of aromatic nitrogens is 4. The summed E-state index contributed by atoms with van der Waals surface area (Å²) in [5.41, 5.74) is 5.47. The minimum Gasteiger partial charge on any atom is -0.339 e. The molecule has 1 unspecified atom stereocenters. The molecule has 0 aliphatic carbocycles. The lowest BCUT2D eigenvalue weighted by Crippen LogP contribution is -2.04. The second-order valence-corrected chi connectivity index (χ2v) is 3.51. The third-order valence-electron chi connectivity index (χ3n) is 2.23. The van der Waals surface area contributed by atoms with Crippen LogP contribution in [0, 0.1) is 0 Å². The molecule has 0 aliphatic heterocycles. The van der Waals surface area contributed by atoms with Crippen molar-refractivity contribution in [3.63, 3.8) is 0 Å². The summed E-state index contributed by atoms with van der Waals surface area (Å²) in [6.07, 6.45) is 4.10. The van der Waals surface area contributed by atoms with E-state index in [9.17, 15) is 0 Å². The summed E-state index contributed by atoms with van der Waals surface area (Å²) >= 11 is 0. The molecule has 0 fully saturated rings. The van der Waals surface area contributed by atoms with Gasteiger partial charge in [-0.25, -0.2) is 9.97 Å². The molecule has 0 radical (unpaired) electrons. The number of hydrogen-bond acceptors (Lipinski definition) is 6. The number of nitrogens with two attached hydrogens (primary N) is 1. The van der Waals surface area contributed by atoms with E-state index in [1.165, 1.54) is 0 Å². The van der Waals surface area contributed by atoms with Crippen molar-refractivity contribution in [1.82, 2.24) is 20.1 Å². The Morgan fingerprint density at radius 2 is 2.06 bits per heavy atom. The Kier molecular flexibility index (Phi) is 3.21. The number of rotatable bonds is 4. The first-order chi connectivity index (χ1) is 7.81. The molecule has 2 N–H and O–H groups in total. The van der Waals surface area contributed by atoms with Crippen LogP contribution in [0.3, 0.4) is 0 Å². The van der Waals surface area contributed by atoms with E-state index in [1.807, 2.05) is 6.92 Å². The maximum absolute atomic E-state index is 5.47. The summed E-state index contributed by atoms with van der Waals surface area (Å²) < 4.78 is 5.14. The van der Waals surface area contributed by atoms with Gasteiger partial charge in [0.2, 0.25) is 17.5 Å². The molecule has 0 spiro atoms. The Morgan fingerprint density at radius 1 is 1.31 bits per heavy atom. The molecule has 0 aliphatic rings. The number of nitrogens with zero attached hydrogens (tertiary/aromatic N) is 4. The molecule has 0 saturated heterocycles. The van der Waals surface area contributed by atoms with Gasteiger partial charge in [0.05, 0.1) is 0 Å². The topological polar surface area (TPSA) is 90.7 Å². The first-order valence-corrected chi connectivity index (χ1v) is 5.12.